The number of hydrogen-bond donors (Lipinski definition) is 2. The van der Waals surface area contributed by atoms with Gasteiger partial charge in [-0.25, -0.2) is 9.37 Å². The summed E-state index contributed by atoms with van der Waals surface area (Å²) in [6.45, 7) is 8.57. The molecule has 0 unspecified atom stereocenters. The molecule has 4 rings (SSSR count). The van der Waals surface area contributed by atoms with Gasteiger partial charge < -0.3 is 11.1 Å². The molecule has 1 aromatic heterocycles. The maximum Gasteiger partial charge on any atom is 0.260 e. The summed E-state index contributed by atoms with van der Waals surface area (Å²) in [7, 11) is 0. The largest absolute Gasteiger partial charge is 0.366 e. The van der Waals surface area contributed by atoms with E-state index in [0.717, 1.165) is 18.9 Å². The smallest absolute Gasteiger partial charge is 0.260 e. The highest BCUT2D eigenvalue weighted by Crippen LogP contribution is 2.36. The number of carbonyl (C=O) groups excluding carboxylic acids is 3. The lowest BCUT2D eigenvalue weighted by molar-refractivity contribution is 0.0938. The summed E-state index contributed by atoms with van der Waals surface area (Å²) in [5.41, 5.74) is 6.90. The normalized spacial score (nSPS) is 13.3. The molecule has 3 amide bonds. The van der Waals surface area contributed by atoms with Gasteiger partial charge in [-0.2, -0.15) is 0 Å². The number of benzene rings is 2. The van der Waals surface area contributed by atoms with Crippen molar-refractivity contribution in [2.24, 2.45) is 17.1 Å². The second-order valence-electron chi connectivity index (χ2n) is 10.7. The molecule has 0 aliphatic heterocycles. The fourth-order valence-corrected chi connectivity index (χ4v) is 4.60. The van der Waals surface area contributed by atoms with E-state index in [4.69, 9.17) is 5.73 Å². The Hall–Kier alpha value is -3.59. The number of nitrogens with two attached hydrogens (primary N) is 1. The van der Waals surface area contributed by atoms with E-state index in [9.17, 15) is 18.8 Å². The minimum absolute atomic E-state index is 0.00162. The molecule has 7 nitrogen and oxygen atoms in total. The lowest BCUT2D eigenvalue weighted by Gasteiger charge is -2.23. The molecule has 0 bridgehead atoms. The van der Waals surface area contributed by atoms with Gasteiger partial charge in [-0.1, -0.05) is 26.8 Å². The van der Waals surface area contributed by atoms with Gasteiger partial charge in [0.05, 0.1) is 0 Å². The number of nitrogens with zero attached hydrogens (tertiary/aromatic N) is 2. The Morgan fingerprint density at radius 3 is 2.46 bits per heavy atom. The Labute approximate surface area is 219 Å². The summed E-state index contributed by atoms with van der Waals surface area (Å²) in [4.78, 5) is 44.9. The van der Waals surface area contributed by atoms with Gasteiger partial charge in [-0.05, 0) is 72.1 Å². The molecule has 0 atom stereocenters. The molecule has 2 aromatic carbocycles. The first-order chi connectivity index (χ1) is 17.4. The van der Waals surface area contributed by atoms with Crippen molar-refractivity contribution in [3.8, 4) is 11.1 Å². The quantitative estimate of drug-likeness (QED) is 0.425. The Morgan fingerprint density at radius 1 is 1.14 bits per heavy atom. The number of hydrogen-bond acceptors (Lipinski definition) is 5. The van der Waals surface area contributed by atoms with Crippen LogP contribution < -0.4 is 16.0 Å². The first-order valence-corrected chi connectivity index (χ1v) is 13.1. The Morgan fingerprint density at radius 2 is 1.86 bits per heavy atom. The zero-order valence-corrected chi connectivity index (χ0v) is 22.2. The first kappa shape index (κ1) is 26.5. The van der Waals surface area contributed by atoms with Gasteiger partial charge in [-0.15, -0.1) is 11.3 Å². The molecule has 37 heavy (non-hydrogen) atoms. The number of aromatic nitrogens is 1. The predicted molar refractivity (Wildman–Crippen MR) is 143 cm³/mol. The topological polar surface area (TPSA) is 105 Å². The molecule has 1 aliphatic rings. The maximum atomic E-state index is 14.8. The number of amides is 3. The van der Waals surface area contributed by atoms with Crippen LogP contribution in [0.25, 0.3) is 11.1 Å². The van der Waals surface area contributed by atoms with Crippen LogP contribution in [0.1, 0.15) is 70.3 Å². The highest BCUT2D eigenvalue weighted by Gasteiger charge is 2.31. The van der Waals surface area contributed by atoms with Crippen LogP contribution in [-0.4, -0.2) is 35.8 Å². The van der Waals surface area contributed by atoms with Crippen LogP contribution in [0.3, 0.4) is 0 Å². The summed E-state index contributed by atoms with van der Waals surface area (Å²) in [6, 6.07) is 7.35. The number of halogens is 1. The van der Waals surface area contributed by atoms with Gasteiger partial charge >= 0.3 is 0 Å². The number of nitrogens with one attached hydrogen (secondary N) is 1. The van der Waals surface area contributed by atoms with Crippen LogP contribution >= 0.6 is 11.3 Å². The molecule has 0 saturated heterocycles. The number of anilines is 1. The lowest BCUT2D eigenvalue weighted by atomic mass is 9.91. The minimum Gasteiger partial charge on any atom is -0.366 e. The van der Waals surface area contributed by atoms with Crippen molar-refractivity contribution in [3.05, 3.63) is 70.0 Å². The molecule has 1 aliphatic carbocycles. The summed E-state index contributed by atoms with van der Waals surface area (Å²) < 4.78 is 14.8. The van der Waals surface area contributed by atoms with E-state index < -0.39 is 11.7 Å². The molecular formula is C28H31FN4O3S. The first-order valence-electron chi connectivity index (χ1n) is 12.2. The van der Waals surface area contributed by atoms with Gasteiger partial charge in [0, 0.05) is 41.4 Å². The van der Waals surface area contributed by atoms with E-state index in [0.29, 0.717) is 40.8 Å². The summed E-state index contributed by atoms with van der Waals surface area (Å²) in [5.74, 6) is -1.65. The average Bonchev–Trinajstić information content (AvgIpc) is 3.51. The van der Waals surface area contributed by atoms with Crippen LogP contribution in [0.15, 0.2) is 41.9 Å². The van der Waals surface area contributed by atoms with Crippen molar-refractivity contribution < 1.29 is 18.8 Å². The zero-order valence-electron chi connectivity index (χ0n) is 21.4. The second kappa shape index (κ2) is 10.4. The van der Waals surface area contributed by atoms with E-state index in [-0.39, 0.29) is 33.9 Å². The second-order valence-corrected chi connectivity index (χ2v) is 11.5. The van der Waals surface area contributed by atoms with E-state index in [1.165, 1.54) is 23.5 Å². The summed E-state index contributed by atoms with van der Waals surface area (Å²) in [6.07, 6.45) is 3.70. The van der Waals surface area contributed by atoms with Gasteiger partial charge in [0.1, 0.15) is 5.82 Å². The molecule has 9 heteroatoms. The van der Waals surface area contributed by atoms with Gasteiger partial charge in [0.25, 0.3) is 11.8 Å². The van der Waals surface area contributed by atoms with E-state index in [2.05, 4.69) is 10.3 Å². The minimum atomic E-state index is -0.774. The number of primary amides is 1. The van der Waals surface area contributed by atoms with Gasteiger partial charge in [0.2, 0.25) is 5.91 Å². The molecule has 194 valence electrons. The standard InChI is InChI=1S/C28H31FN4O3S/c1-16-21(12-19(24(30)34)13-23(16)29)20-8-7-18(25(35)32-15-28(2,3)4)11-22(20)26(36)33(14-17-5-6-17)27-31-9-10-37-27/h7-13,17H,5-6,14-15H2,1-4H3,(H2,30,34)(H,32,35). The maximum absolute atomic E-state index is 14.8. The predicted octanol–water partition coefficient (Wildman–Crippen LogP) is 5.19. The van der Waals surface area contributed by atoms with Gasteiger partial charge in [0.15, 0.2) is 5.13 Å². The molecule has 1 saturated carbocycles. The summed E-state index contributed by atoms with van der Waals surface area (Å²) >= 11 is 1.35. The summed E-state index contributed by atoms with van der Waals surface area (Å²) in [5, 5.41) is 5.27. The number of carbonyl (C=O) groups is 3. The SMILES string of the molecule is Cc1c(F)cc(C(N)=O)cc1-c1ccc(C(=O)NCC(C)(C)C)cc1C(=O)N(CC1CC1)c1nccs1. The van der Waals surface area contributed by atoms with Crippen molar-refractivity contribution in [2.75, 3.05) is 18.0 Å². The molecule has 3 N–H and O–H groups in total. The highest BCUT2D eigenvalue weighted by molar-refractivity contribution is 7.13. The molecular weight excluding hydrogens is 491 g/mol. The van der Waals surface area contributed by atoms with Crippen molar-refractivity contribution in [1.29, 1.82) is 0 Å². The molecule has 0 spiro atoms. The Balaban J connectivity index is 1.84. The zero-order chi connectivity index (χ0) is 26.9. The van der Waals surface area contributed by atoms with Gasteiger partial charge in [-0.3, -0.25) is 19.3 Å². The van der Waals surface area contributed by atoms with Crippen LogP contribution in [0.5, 0.6) is 0 Å². The van der Waals surface area contributed by atoms with E-state index in [1.54, 1.807) is 35.5 Å². The van der Waals surface area contributed by atoms with Crippen LogP contribution in [0.4, 0.5) is 9.52 Å². The van der Waals surface area contributed by atoms with Crippen molar-refractivity contribution in [2.45, 2.75) is 40.5 Å². The third-order valence-corrected chi connectivity index (χ3v) is 7.04. The molecule has 0 radical (unpaired) electrons. The van der Waals surface area contributed by atoms with Crippen LogP contribution in [0, 0.1) is 24.1 Å². The van der Waals surface area contributed by atoms with Crippen molar-refractivity contribution in [1.82, 2.24) is 10.3 Å². The lowest BCUT2D eigenvalue weighted by Crippen LogP contribution is -2.34. The van der Waals surface area contributed by atoms with E-state index in [1.807, 2.05) is 20.8 Å². The Kier molecular flexibility index (Phi) is 7.45. The van der Waals surface area contributed by atoms with E-state index >= 15 is 0 Å². The Bertz CT molecular complexity index is 1340. The molecule has 1 fully saturated rings. The van der Waals surface area contributed by atoms with Crippen molar-refractivity contribution >= 4 is 34.2 Å². The number of rotatable bonds is 8. The third-order valence-electron chi connectivity index (χ3n) is 6.24. The fourth-order valence-electron chi connectivity index (χ4n) is 3.95. The third kappa shape index (κ3) is 6.22. The fraction of sp³-hybridized carbons (Fsp3) is 0.357. The average molecular weight is 523 g/mol. The molecule has 3 aromatic rings. The number of thiazole rings is 1. The van der Waals surface area contributed by atoms with Crippen molar-refractivity contribution in [3.63, 3.8) is 0 Å². The van der Waals surface area contributed by atoms with Crippen LogP contribution in [-0.2, 0) is 0 Å². The monoisotopic (exact) mass is 522 g/mol. The molecule has 1 heterocycles. The highest BCUT2D eigenvalue weighted by atomic mass is 32.1. The van der Waals surface area contributed by atoms with Crippen LogP contribution in [0.2, 0.25) is 0 Å².